The lowest BCUT2D eigenvalue weighted by molar-refractivity contribution is -0.116. The minimum absolute atomic E-state index is 0.0526. The summed E-state index contributed by atoms with van der Waals surface area (Å²) in [5, 5.41) is 2.75. The second-order valence-corrected chi connectivity index (χ2v) is 9.66. The average Bonchev–Trinajstić information content (AvgIpc) is 2.99. The van der Waals surface area contributed by atoms with Crippen molar-refractivity contribution in [2.75, 3.05) is 18.5 Å². The molecule has 4 rings (SSSR count). The van der Waals surface area contributed by atoms with Crippen LogP contribution in [0.3, 0.4) is 0 Å². The first-order valence-corrected chi connectivity index (χ1v) is 11.1. The third-order valence-corrected chi connectivity index (χ3v) is 6.45. The van der Waals surface area contributed by atoms with Crippen LogP contribution < -0.4 is 19.5 Å². The molecule has 0 unspecified atom stereocenters. The highest BCUT2D eigenvalue weighted by Crippen LogP contribution is 2.41. The molecule has 2 aliphatic rings. The lowest BCUT2D eigenvalue weighted by atomic mass is 10.0. The van der Waals surface area contributed by atoms with Crippen LogP contribution in [0.25, 0.3) is 0 Å². The van der Waals surface area contributed by atoms with Crippen molar-refractivity contribution in [2.45, 2.75) is 43.6 Å². The molecule has 154 valence electrons. The van der Waals surface area contributed by atoms with Crippen molar-refractivity contribution >= 4 is 21.6 Å². The topological polar surface area (TPSA) is 93.7 Å². The normalized spacial score (nSPS) is 17.1. The van der Waals surface area contributed by atoms with E-state index >= 15 is 0 Å². The third-order valence-electron chi connectivity index (χ3n) is 4.99. The molecule has 0 fully saturated rings. The molecule has 0 radical (unpaired) electrons. The zero-order chi connectivity index (χ0) is 20.6. The fraction of sp³-hybridized carbons (Fsp3) is 0.381. The number of hydrogen-bond acceptors (Lipinski definition) is 5. The molecule has 29 heavy (non-hydrogen) atoms. The summed E-state index contributed by atoms with van der Waals surface area (Å²) in [7, 11) is -3.67. The van der Waals surface area contributed by atoms with E-state index in [2.05, 4.69) is 10.0 Å². The van der Waals surface area contributed by atoms with E-state index in [1.165, 1.54) is 6.07 Å². The van der Waals surface area contributed by atoms with E-state index in [-0.39, 0.29) is 29.6 Å². The molecular weight excluding hydrogens is 392 g/mol. The van der Waals surface area contributed by atoms with Gasteiger partial charge in [0, 0.05) is 30.6 Å². The van der Waals surface area contributed by atoms with Gasteiger partial charge >= 0.3 is 0 Å². The summed E-state index contributed by atoms with van der Waals surface area (Å²) in [5.41, 5.74) is 2.32. The van der Waals surface area contributed by atoms with Crippen LogP contribution in [0.2, 0.25) is 0 Å². The molecule has 2 N–H and O–H groups in total. The summed E-state index contributed by atoms with van der Waals surface area (Å²) in [4.78, 5) is 11.6. The van der Waals surface area contributed by atoms with Gasteiger partial charge in [0.2, 0.25) is 15.9 Å². The van der Waals surface area contributed by atoms with Gasteiger partial charge in [-0.25, -0.2) is 13.1 Å². The van der Waals surface area contributed by atoms with E-state index in [9.17, 15) is 13.2 Å². The van der Waals surface area contributed by atoms with Crippen molar-refractivity contribution in [3.05, 3.63) is 47.5 Å². The van der Waals surface area contributed by atoms with Gasteiger partial charge < -0.3 is 14.8 Å². The maximum Gasteiger partial charge on any atom is 0.240 e. The molecule has 0 atom stereocenters. The zero-order valence-corrected chi connectivity index (χ0v) is 17.3. The predicted molar refractivity (Wildman–Crippen MR) is 109 cm³/mol. The molecule has 0 aromatic heterocycles. The van der Waals surface area contributed by atoms with E-state index in [0.717, 1.165) is 23.3 Å². The van der Waals surface area contributed by atoms with Crippen LogP contribution in [-0.4, -0.2) is 33.1 Å². The van der Waals surface area contributed by atoms with E-state index in [4.69, 9.17) is 9.47 Å². The standard InChI is InChI=1S/C21H24N2O5S/c1-21(2)13-15-4-3-5-18(20(15)28-21)27-11-10-22-29(25,26)16-7-8-17-14(12-16)6-9-19(24)23-17/h3-5,7-8,12,22H,6,9-11,13H2,1-2H3,(H,23,24). The van der Waals surface area contributed by atoms with Gasteiger partial charge in [0.05, 0.1) is 4.90 Å². The number of rotatable bonds is 6. The highest BCUT2D eigenvalue weighted by Gasteiger charge is 2.32. The predicted octanol–water partition coefficient (Wildman–Crippen LogP) is 2.64. The first-order valence-electron chi connectivity index (χ1n) is 9.60. The number of fused-ring (bicyclic) bond motifs is 2. The van der Waals surface area contributed by atoms with Gasteiger partial charge in [0.1, 0.15) is 12.2 Å². The number of carbonyl (C=O) groups excluding carboxylic acids is 1. The Morgan fingerprint density at radius 1 is 1.17 bits per heavy atom. The molecule has 2 aromatic carbocycles. The monoisotopic (exact) mass is 416 g/mol. The number of aryl methyl sites for hydroxylation is 1. The van der Waals surface area contributed by atoms with Crippen LogP contribution in [0.4, 0.5) is 5.69 Å². The van der Waals surface area contributed by atoms with Crippen molar-refractivity contribution in [3.8, 4) is 11.5 Å². The first kappa shape index (κ1) is 19.7. The molecule has 0 saturated heterocycles. The van der Waals surface area contributed by atoms with Gasteiger partial charge in [-0.1, -0.05) is 12.1 Å². The Labute approximate surface area is 170 Å². The number of ether oxygens (including phenoxy) is 2. The maximum atomic E-state index is 12.6. The van der Waals surface area contributed by atoms with E-state index in [1.54, 1.807) is 12.1 Å². The van der Waals surface area contributed by atoms with Crippen molar-refractivity contribution < 1.29 is 22.7 Å². The minimum atomic E-state index is -3.67. The molecule has 2 aromatic rings. The molecule has 0 spiro atoms. The Kier molecular flexibility index (Phi) is 5.00. The SMILES string of the molecule is CC1(C)Cc2cccc(OCCNS(=O)(=O)c3ccc4c(c3)CCC(=O)N4)c2O1. The van der Waals surface area contributed by atoms with Crippen molar-refractivity contribution in [1.29, 1.82) is 0 Å². The van der Waals surface area contributed by atoms with E-state index < -0.39 is 10.0 Å². The molecule has 8 heteroatoms. The summed E-state index contributed by atoms with van der Waals surface area (Å²) in [6.07, 6.45) is 1.70. The van der Waals surface area contributed by atoms with Crippen LogP contribution in [0, 0.1) is 0 Å². The summed E-state index contributed by atoms with van der Waals surface area (Å²) in [5.74, 6) is 1.30. The molecular formula is C21H24N2O5S. The molecule has 0 aliphatic carbocycles. The highest BCUT2D eigenvalue weighted by atomic mass is 32.2. The van der Waals surface area contributed by atoms with Crippen LogP contribution in [0.5, 0.6) is 11.5 Å². The van der Waals surface area contributed by atoms with Gasteiger partial charge in [-0.15, -0.1) is 0 Å². The Bertz CT molecular complexity index is 1060. The van der Waals surface area contributed by atoms with Gasteiger partial charge in [0.15, 0.2) is 11.5 Å². The summed E-state index contributed by atoms with van der Waals surface area (Å²) in [6, 6.07) is 10.5. The number of anilines is 1. The van der Waals surface area contributed by atoms with Crippen LogP contribution in [0.1, 0.15) is 31.4 Å². The lowest BCUT2D eigenvalue weighted by Gasteiger charge is -2.18. The van der Waals surface area contributed by atoms with Crippen molar-refractivity contribution in [3.63, 3.8) is 0 Å². The summed E-state index contributed by atoms with van der Waals surface area (Å²) >= 11 is 0. The zero-order valence-electron chi connectivity index (χ0n) is 16.4. The number of carbonyl (C=O) groups is 1. The summed E-state index contributed by atoms with van der Waals surface area (Å²) in [6.45, 7) is 4.35. The fourth-order valence-electron chi connectivity index (χ4n) is 3.65. The summed E-state index contributed by atoms with van der Waals surface area (Å²) < 4.78 is 39.5. The van der Waals surface area contributed by atoms with Gasteiger partial charge in [-0.05, 0) is 50.1 Å². The van der Waals surface area contributed by atoms with Gasteiger partial charge in [0.25, 0.3) is 0 Å². The van der Waals surface area contributed by atoms with Crippen LogP contribution in [-0.2, 0) is 27.7 Å². The smallest absolute Gasteiger partial charge is 0.240 e. The largest absolute Gasteiger partial charge is 0.488 e. The van der Waals surface area contributed by atoms with Crippen LogP contribution >= 0.6 is 0 Å². The number of benzene rings is 2. The van der Waals surface area contributed by atoms with Crippen LogP contribution in [0.15, 0.2) is 41.3 Å². The van der Waals surface area contributed by atoms with Gasteiger partial charge in [-0.3, -0.25) is 4.79 Å². The molecule has 2 heterocycles. The molecule has 2 aliphatic heterocycles. The van der Waals surface area contributed by atoms with E-state index in [1.807, 2.05) is 32.0 Å². The Balaban J connectivity index is 1.37. The van der Waals surface area contributed by atoms with Crippen molar-refractivity contribution in [1.82, 2.24) is 4.72 Å². The quantitative estimate of drug-likeness (QED) is 0.706. The second-order valence-electron chi connectivity index (χ2n) is 7.90. The first-order chi connectivity index (χ1) is 13.7. The van der Waals surface area contributed by atoms with Crippen molar-refractivity contribution in [2.24, 2.45) is 0 Å². The number of sulfonamides is 1. The Hall–Kier alpha value is -2.58. The third kappa shape index (κ3) is 4.23. The highest BCUT2D eigenvalue weighted by molar-refractivity contribution is 7.89. The molecule has 0 bridgehead atoms. The second kappa shape index (κ2) is 7.35. The number of amides is 1. The lowest BCUT2D eigenvalue weighted by Crippen LogP contribution is -2.29. The number of nitrogens with one attached hydrogen (secondary N) is 2. The fourth-order valence-corrected chi connectivity index (χ4v) is 4.71. The number of para-hydroxylation sites is 1. The minimum Gasteiger partial charge on any atom is -0.488 e. The average molecular weight is 416 g/mol. The Morgan fingerprint density at radius 3 is 2.83 bits per heavy atom. The maximum absolute atomic E-state index is 12.6. The molecule has 0 saturated carbocycles. The number of hydrogen-bond donors (Lipinski definition) is 2. The molecule has 1 amide bonds. The molecule has 7 nitrogen and oxygen atoms in total. The van der Waals surface area contributed by atoms with Gasteiger partial charge in [-0.2, -0.15) is 0 Å². The van der Waals surface area contributed by atoms with E-state index in [0.29, 0.717) is 24.3 Å². The Morgan fingerprint density at radius 2 is 2.00 bits per heavy atom.